The molecular formula is C12H11ClN2O. The van der Waals surface area contributed by atoms with Crippen molar-refractivity contribution in [3.63, 3.8) is 0 Å². The lowest BCUT2D eigenvalue weighted by Gasteiger charge is -2.08. The van der Waals surface area contributed by atoms with Crippen molar-refractivity contribution in [3.8, 4) is 17.0 Å². The minimum Gasteiger partial charge on any atom is -0.493 e. The second kappa shape index (κ2) is 4.94. The molecular weight excluding hydrogens is 224 g/mol. The number of hydrogen-bond donors (Lipinski definition) is 0. The quantitative estimate of drug-likeness (QED) is 0.818. The van der Waals surface area contributed by atoms with Gasteiger partial charge in [0.15, 0.2) is 5.15 Å². The molecule has 0 N–H and O–H groups in total. The van der Waals surface area contributed by atoms with Gasteiger partial charge in [0.05, 0.1) is 12.3 Å². The van der Waals surface area contributed by atoms with Crippen molar-refractivity contribution in [1.29, 1.82) is 0 Å². The van der Waals surface area contributed by atoms with E-state index in [-0.39, 0.29) is 0 Å². The molecule has 0 saturated carbocycles. The fourth-order valence-electron chi connectivity index (χ4n) is 1.42. The third-order valence-electron chi connectivity index (χ3n) is 2.09. The predicted molar refractivity (Wildman–Crippen MR) is 63.6 cm³/mol. The van der Waals surface area contributed by atoms with Gasteiger partial charge in [0.25, 0.3) is 0 Å². The summed E-state index contributed by atoms with van der Waals surface area (Å²) >= 11 is 5.70. The van der Waals surface area contributed by atoms with Gasteiger partial charge in [-0.25, -0.2) is 0 Å². The van der Waals surface area contributed by atoms with Crippen LogP contribution in [0.2, 0.25) is 5.15 Å². The third kappa shape index (κ3) is 2.31. The van der Waals surface area contributed by atoms with E-state index in [1.54, 1.807) is 6.07 Å². The highest BCUT2D eigenvalue weighted by molar-refractivity contribution is 6.29. The van der Waals surface area contributed by atoms with Gasteiger partial charge >= 0.3 is 0 Å². The minimum atomic E-state index is 0.387. The summed E-state index contributed by atoms with van der Waals surface area (Å²) in [6.45, 7) is 2.57. The Labute approximate surface area is 99.0 Å². The summed E-state index contributed by atoms with van der Waals surface area (Å²) in [4.78, 5) is 0. The molecule has 0 aliphatic carbocycles. The molecule has 0 aliphatic heterocycles. The fourth-order valence-corrected chi connectivity index (χ4v) is 1.52. The highest BCUT2D eigenvalue weighted by Crippen LogP contribution is 2.28. The molecule has 16 heavy (non-hydrogen) atoms. The van der Waals surface area contributed by atoms with Gasteiger partial charge in [-0.3, -0.25) is 0 Å². The van der Waals surface area contributed by atoms with Crippen molar-refractivity contribution in [2.75, 3.05) is 6.61 Å². The summed E-state index contributed by atoms with van der Waals surface area (Å²) < 4.78 is 5.52. The van der Waals surface area contributed by atoms with Crippen LogP contribution in [0, 0.1) is 0 Å². The Balaban J connectivity index is 2.42. The Morgan fingerprint density at radius 2 is 1.94 bits per heavy atom. The summed E-state index contributed by atoms with van der Waals surface area (Å²) in [5.41, 5.74) is 1.68. The van der Waals surface area contributed by atoms with E-state index >= 15 is 0 Å². The van der Waals surface area contributed by atoms with E-state index in [4.69, 9.17) is 16.3 Å². The highest BCUT2D eigenvalue weighted by Gasteiger charge is 2.06. The Kier molecular flexibility index (Phi) is 3.37. The molecule has 0 saturated heterocycles. The third-order valence-corrected chi connectivity index (χ3v) is 2.30. The number of rotatable bonds is 3. The number of aromatic nitrogens is 2. The van der Waals surface area contributed by atoms with Crippen LogP contribution in [0.25, 0.3) is 11.3 Å². The number of hydrogen-bond acceptors (Lipinski definition) is 3. The van der Waals surface area contributed by atoms with Crippen LogP contribution < -0.4 is 4.74 Å². The van der Waals surface area contributed by atoms with Crippen molar-refractivity contribution in [3.05, 3.63) is 41.6 Å². The predicted octanol–water partition coefficient (Wildman–Crippen LogP) is 3.20. The first-order valence-corrected chi connectivity index (χ1v) is 5.40. The van der Waals surface area contributed by atoms with Gasteiger partial charge in [-0.2, -0.15) is 0 Å². The number of benzene rings is 1. The van der Waals surface area contributed by atoms with Crippen molar-refractivity contribution in [2.24, 2.45) is 0 Å². The average Bonchev–Trinajstić information content (AvgIpc) is 2.32. The van der Waals surface area contributed by atoms with E-state index in [0.717, 1.165) is 17.0 Å². The molecule has 0 spiro atoms. The molecule has 2 aromatic rings. The lowest BCUT2D eigenvalue weighted by atomic mass is 10.1. The van der Waals surface area contributed by atoms with Crippen LogP contribution in [0.5, 0.6) is 5.75 Å². The zero-order valence-corrected chi connectivity index (χ0v) is 9.61. The van der Waals surface area contributed by atoms with Gasteiger partial charge in [-0.15, -0.1) is 10.2 Å². The number of ether oxygens (including phenoxy) is 1. The molecule has 1 aromatic heterocycles. The Morgan fingerprint density at radius 1 is 1.12 bits per heavy atom. The zero-order valence-electron chi connectivity index (χ0n) is 8.85. The second-order valence-electron chi connectivity index (χ2n) is 3.17. The molecule has 3 nitrogen and oxygen atoms in total. The monoisotopic (exact) mass is 234 g/mol. The van der Waals surface area contributed by atoms with Crippen LogP contribution in [-0.2, 0) is 0 Å². The number of para-hydroxylation sites is 1. The van der Waals surface area contributed by atoms with Crippen molar-refractivity contribution >= 4 is 11.6 Å². The Morgan fingerprint density at radius 3 is 2.62 bits per heavy atom. The molecule has 0 bridgehead atoms. The molecule has 0 amide bonds. The van der Waals surface area contributed by atoms with Crippen LogP contribution in [0.15, 0.2) is 36.4 Å². The maximum absolute atomic E-state index is 5.70. The van der Waals surface area contributed by atoms with Crippen LogP contribution >= 0.6 is 11.6 Å². The van der Waals surface area contributed by atoms with E-state index in [9.17, 15) is 0 Å². The molecule has 0 atom stereocenters. The first kappa shape index (κ1) is 10.9. The molecule has 2 rings (SSSR count). The van der Waals surface area contributed by atoms with E-state index in [1.807, 2.05) is 37.3 Å². The van der Waals surface area contributed by atoms with Gasteiger partial charge < -0.3 is 4.74 Å². The Bertz CT molecular complexity index is 471. The molecule has 0 aliphatic rings. The second-order valence-corrected chi connectivity index (χ2v) is 3.56. The lowest BCUT2D eigenvalue weighted by molar-refractivity contribution is 0.341. The largest absolute Gasteiger partial charge is 0.493 e. The van der Waals surface area contributed by atoms with Gasteiger partial charge in [0.2, 0.25) is 0 Å². The van der Waals surface area contributed by atoms with Crippen LogP contribution in [-0.4, -0.2) is 16.8 Å². The summed E-state index contributed by atoms with van der Waals surface area (Å²) in [5, 5.41) is 8.23. The molecule has 4 heteroatoms. The number of halogens is 1. The normalized spacial score (nSPS) is 10.1. The van der Waals surface area contributed by atoms with Crippen molar-refractivity contribution in [1.82, 2.24) is 10.2 Å². The van der Waals surface area contributed by atoms with E-state index in [0.29, 0.717) is 11.8 Å². The first-order chi connectivity index (χ1) is 7.81. The summed E-state index contributed by atoms with van der Waals surface area (Å²) in [5.74, 6) is 0.807. The maximum atomic E-state index is 5.70. The smallest absolute Gasteiger partial charge is 0.151 e. The maximum Gasteiger partial charge on any atom is 0.151 e. The van der Waals surface area contributed by atoms with Crippen LogP contribution in [0.1, 0.15) is 6.92 Å². The molecule has 0 fully saturated rings. The molecule has 1 aromatic carbocycles. The van der Waals surface area contributed by atoms with Crippen molar-refractivity contribution < 1.29 is 4.74 Å². The molecule has 0 unspecified atom stereocenters. The SMILES string of the molecule is CCOc1ccccc1-c1ccc(Cl)nn1. The summed E-state index contributed by atoms with van der Waals surface area (Å²) in [6, 6.07) is 11.3. The lowest BCUT2D eigenvalue weighted by Crippen LogP contribution is -1.95. The topological polar surface area (TPSA) is 35.0 Å². The standard InChI is InChI=1S/C12H11ClN2O/c1-2-16-11-6-4-3-5-9(11)10-7-8-12(13)15-14-10/h3-8H,2H2,1H3. The van der Waals surface area contributed by atoms with Gasteiger partial charge in [-0.1, -0.05) is 23.7 Å². The average molecular weight is 235 g/mol. The van der Waals surface area contributed by atoms with E-state index < -0.39 is 0 Å². The van der Waals surface area contributed by atoms with E-state index in [2.05, 4.69) is 10.2 Å². The summed E-state index contributed by atoms with van der Waals surface area (Å²) in [6.07, 6.45) is 0. The van der Waals surface area contributed by atoms with E-state index in [1.165, 1.54) is 0 Å². The van der Waals surface area contributed by atoms with Gasteiger partial charge in [-0.05, 0) is 31.2 Å². The molecule has 1 heterocycles. The summed E-state index contributed by atoms with van der Waals surface area (Å²) in [7, 11) is 0. The Hall–Kier alpha value is -1.61. The minimum absolute atomic E-state index is 0.387. The molecule has 82 valence electrons. The zero-order chi connectivity index (χ0) is 11.4. The van der Waals surface area contributed by atoms with Gasteiger partial charge in [0, 0.05) is 5.56 Å². The van der Waals surface area contributed by atoms with Crippen molar-refractivity contribution in [2.45, 2.75) is 6.92 Å². The van der Waals surface area contributed by atoms with Gasteiger partial charge in [0.1, 0.15) is 5.75 Å². The highest BCUT2D eigenvalue weighted by atomic mass is 35.5. The van der Waals surface area contributed by atoms with Crippen LogP contribution in [0.4, 0.5) is 0 Å². The van der Waals surface area contributed by atoms with Crippen LogP contribution in [0.3, 0.4) is 0 Å². The number of nitrogens with zero attached hydrogens (tertiary/aromatic N) is 2. The fraction of sp³-hybridized carbons (Fsp3) is 0.167. The molecule has 0 radical (unpaired) electrons. The first-order valence-electron chi connectivity index (χ1n) is 5.02.